The lowest BCUT2D eigenvalue weighted by atomic mass is 9.73. The maximum atomic E-state index is 14.1. The van der Waals surface area contributed by atoms with E-state index in [2.05, 4.69) is 24.5 Å². The van der Waals surface area contributed by atoms with E-state index in [1.165, 1.54) is 0 Å². The Morgan fingerprint density at radius 2 is 1.69 bits per heavy atom. The number of hydrogen-bond acceptors (Lipinski definition) is 4. The Morgan fingerprint density at radius 3 is 2.42 bits per heavy atom. The molecular formula is C30H31N3O3. The Labute approximate surface area is 212 Å². The first-order valence-electron chi connectivity index (χ1n) is 12.2. The molecule has 1 aliphatic carbocycles. The van der Waals surface area contributed by atoms with Crippen LogP contribution in [0.3, 0.4) is 0 Å². The van der Waals surface area contributed by atoms with E-state index in [0.29, 0.717) is 29.9 Å². The Hall–Kier alpha value is -4.06. The number of urea groups is 1. The van der Waals surface area contributed by atoms with Crippen molar-refractivity contribution in [3.8, 4) is 5.75 Å². The first kappa shape index (κ1) is 23.7. The number of anilines is 3. The highest BCUT2D eigenvalue weighted by molar-refractivity contribution is 6.09. The summed E-state index contributed by atoms with van der Waals surface area (Å²) in [6.07, 6.45) is 1.13. The van der Waals surface area contributed by atoms with E-state index in [1.54, 1.807) is 12.0 Å². The number of nitrogens with zero attached hydrogens (tertiary/aromatic N) is 1. The largest absolute Gasteiger partial charge is 0.497 e. The van der Waals surface area contributed by atoms with Crippen molar-refractivity contribution < 1.29 is 14.3 Å². The number of rotatable bonds is 3. The van der Waals surface area contributed by atoms with Gasteiger partial charge in [0.1, 0.15) is 5.75 Å². The van der Waals surface area contributed by atoms with Crippen molar-refractivity contribution in [3.63, 3.8) is 0 Å². The lowest BCUT2D eigenvalue weighted by molar-refractivity contribution is -0.118. The molecule has 3 aromatic carbocycles. The van der Waals surface area contributed by atoms with Crippen molar-refractivity contribution in [1.29, 1.82) is 0 Å². The average molecular weight is 482 g/mol. The maximum absolute atomic E-state index is 14.1. The smallest absolute Gasteiger partial charge is 0.327 e. The number of para-hydroxylation sites is 3. The summed E-state index contributed by atoms with van der Waals surface area (Å²) in [5.41, 5.74) is 5.37. The predicted molar refractivity (Wildman–Crippen MR) is 144 cm³/mol. The summed E-state index contributed by atoms with van der Waals surface area (Å²) in [7, 11) is 1.62. The van der Waals surface area contributed by atoms with E-state index in [-0.39, 0.29) is 17.2 Å². The van der Waals surface area contributed by atoms with Gasteiger partial charge in [-0.25, -0.2) is 4.79 Å². The number of fused-ring (bicyclic) bond motifs is 1. The zero-order valence-electron chi connectivity index (χ0n) is 21.1. The highest BCUT2D eigenvalue weighted by Gasteiger charge is 2.43. The van der Waals surface area contributed by atoms with Crippen LogP contribution in [0.15, 0.2) is 84.1 Å². The molecule has 1 unspecified atom stereocenters. The first-order chi connectivity index (χ1) is 17.3. The van der Waals surface area contributed by atoms with Crippen molar-refractivity contribution in [1.82, 2.24) is 0 Å². The van der Waals surface area contributed by atoms with Gasteiger partial charge in [-0.3, -0.25) is 9.69 Å². The molecule has 184 valence electrons. The van der Waals surface area contributed by atoms with Crippen LogP contribution in [0.25, 0.3) is 0 Å². The van der Waals surface area contributed by atoms with Crippen LogP contribution in [0.4, 0.5) is 21.9 Å². The number of allylic oxidation sites excluding steroid dienone is 1. The van der Waals surface area contributed by atoms with Crippen LogP contribution in [-0.2, 0) is 4.79 Å². The molecule has 36 heavy (non-hydrogen) atoms. The quantitative estimate of drug-likeness (QED) is 0.429. The summed E-state index contributed by atoms with van der Waals surface area (Å²) in [5, 5.41) is 6.64. The third kappa shape index (κ3) is 4.35. The number of nitrogens with one attached hydrogen (secondary N) is 2. The third-order valence-corrected chi connectivity index (χ3v) is 6.94. The molecule has 0 fully saturated rings. The molecular weight excluding hydrogens is 450 g/mol. The highest BCUT2D eigenvalue weighted by Crippen LogP contribution is 2.48. The summed E-state index contributed by atoms with van der Waals surface area (Å²) in [6, 6.07) is 22.1. The van der Waals surface area contributed by atoms with Crippen LogP contribution in [0.2, 0.25) is 0 Å². The van der Waals surface area contributed by atoms with Gasteiger partial charge in [0, 0.05) is 23.4 Å². The van der Waals surface area contributed by atoms with Gasteiger partial charge in [-0.05, 0) is 60.2 Å². The summed E-state index contributed by atoms with van der Waals surface area (Å²) < 4.78 is 5.37. The van der Waals surface area contributed by atoms with Crippen LogP contribution >= 0.6 is 0 Å². The number of carbonyl (C=O) groups excluding carboxylic acids is 2. The van der Waals surface area contributed by atoms with Gasteiger partial charge in [-0.15, -0.1) is 0 Å². The van der Waals surface area contributed by atoms with Crippen LogP contribution in [0.1, 0.15) is 43.9 Å². The van der Waals surface area contributed by atoms with Gasteiger partial charge in [-0.2, -0.15) is 0 Å². The second-order valence-electron chi connectivity index (χ2n) is 10.3. The Bertz CT molecular complexity index is 1360. The number of carbonyl (C=O) groups is 2. The number of hydrogen-bond donors (Lipinski definition) is 2. The number of benzene rings is 3. The normalized spacial score (nSPS) is 18.5. The summed E-state index contributed by atoms with van der Waals surface area (Å²) in [4.78, 5) is 29.6. The molecule has 5 rings (SSSR count). The van der Waals surface area contributed by atoms with E-state index in [9.17, 15) is 9.59 Å². The van der Waals surface area contributed by atoms with Crippen LogP contribution in [0, 0.1) is 12.3 Å². The molecule has 1 atom stereocenters. The topological polar surface area (TPSA) is 70.7 Å². The SMILES string of the molecule is COc1ccc(C2C3=C(CC(C)(C)CC3=O)Nc3ccccc3N2C(=O)Nc2ccccc2C)cc1. The summed E-state index contributed by atoms with van der Waals surface area (Å²) in [5.74, 6) is 0.767. The van der Waals surface area contributed by atoms with Gasteiger partial charge in [0.25, 0.3) is 0 Å². The molecule has 0 saturated carbocycles. The zero-order valence-corrected chi connectivity index (χ0v) is 21.1. The number of aryl methyl sites for hydroxylation is 1. The van der Waals surface area contributed by atoms with Crippen molar-refractivity contribution >= 4 is 28.9 Å². The highest BCUT2D eigenvalue weighted by atomic mass is 16.5. The Balaban J connectivity index is 1.72. The molecule has 2 amide bonds. The summed E-state index contributed by atoms with van der Waals surface area (Å²) in [6.45, 7) is 6.18. The molecule has 0 radical (unpaired) electrons. The van der Waals surface area contributed by atoms with E-state index in [0.717, 1.165) is 28.2 Å². The van der Waals surface area contributed by atoms with Crippen molar-refractivity contribution in [2.75, 3.05) is 22.6 Å². The number of amides is 2. The lowest BCUT2D eigenvalue weighted by Gasteiger charge is -2.37. The molecule has 3 aromatic rings. The molecule has 2 aliphatic rings. The second-order valence-corrected chi connectivity index (χ2v) is 10.3. The van der Waals surface area contributed by atoms with Crippen LogP contribution in [-0.4, -0.2) is 18.9 Å². The number of methoxy groups -OCH3 is 1. The Kier molecular flexibility index (Phi) is 6.04. The molecule has 0 saturated heterocycles. The van der Waals surface area contributed by atoms with Crippen molar-refractivity contribution in [2.24, 2.45) is 5.41 Å². The third-order valence-electron chi connectivity index (χ3n) is 6.94. The number of ketones is 1. The number of Topliss-reactive ketones (excluding diaryl/α,β-unsaturated/α-hetero) is 1. The number of ether oxygens (including phenoxy) is 1. The van der Waals surface area contributed by atoms with Crippen LogP contribution in [0.5, 0.6) is 5.75 Å². The minimum absolute atomic E-state index is 0.0519. The molecule has 1 heterocycles. The van der Waals surface area contributed by atoms with E-state index in [4.69, 9.17) is 4.74 Å². The van der Waals surface area contributed by atoms with Gasteiger partial charge < -0.3 is 15.4 Å². The minimum Gasteiger partial charge on any atom is -0.497 e. The van der Waals surface area contributed by atoms with Gasteiger partial charge >= 0.3 is 6.03 Å². The van der Waals surface area contributed by atoms with Crippen molar-refractivity contribution in [2.45, 2.75) is 39.7 Å². The van der Waals surface area contributed by atoms with Gasteiger partial charge in [0.2, 0.25) is 0 Å². The fraction of sp³-hybridized carbons (Fsp3) is 0.267. The Morgan fingerprint density at radius 1 is 1.00 bits per heavy atom. The van der Waals surface area contributed by atoms with E-state index >= 15 is 0 Å². The van der Waals surface area contributed by atoms with Crippen molar-refractivity contribution in [3.05, 3.63) is 95.2 Å². The summed E-state index contributed by atoms with van der Waals surface area (Å²) >= 11 is 0. The molecule has 2 N–H and O–H groups in total. The average Bonchev–Trinajstić information content (AvgIpc) is 2.99. The molecule has 1 aliphatic heterocycles. The second kappa shape index (κ2) is 9.19. The molecule has 0 spiro atoms. The zero-order chi connectivity index (χ0) is 25.4. The van der Waals surface area contributed by atoms with Gasteiger partial charge in [0.15, 0.2) is 5.78 Å². The molecule has 0 bridgehead atoms. The molecule has 0 aromatic heterocycles. The monoisotopic (exact) mass is 481 g/mol. The predicted octanol–water partition coefficient (Wildman–Crippen LogP) is 6.85. The van der Waals surface area contributed by atoms with E-state index in [1.807, 2.05) is 79.7 Å². The molecule has 6 nitrogen and oxygen atoms in total. The minimum atomic E-state index is -0.602. The molecule has 6 heteroatoms. The lowest BCUT2D eigenvalue weighted by Crippen LogP contribution is -2.41. The fourth-order valence-corrected chi connectivity index (χ4v) is 5.20. The standard InChI is InChI=1S/C30H31N3O3/c1-19-9-5-6-10-22(19)32-29(35)33-25-12-8-7-11-23(25)31-24-17-30(2,3)18-26(34)27(24)28(33)20-13-15-21(36-4)16-14-20/h5-16,28,31H,17-18H2,1-4H3,(H,32,35). The first-order valence-corrected chi connectivity index (χ1v) is 12.2. The van der Waals surface area contributed by atoms with Gasteiger partial charge in [-0.1, -0.05) is 56.3 Å². The van der Waals surface area contributed by atoms with Gasteiger partial charge in [0.05, 0.1) is 24.5 Å². The fourth-order valence-electron chi connectivity index (χ4n) is 5.20. The maximum Gasteiger partial charge on any atom is 0.327 e. The van der Waals surface area contributed by atoms with E-state index < -0.39 is 6.04 Å². The van der Waals surface area contributed by atoms with Crippen LogP contribution < -0.4 is 20.3 Å².